The van der Waals surface area contributed by atoms with Gasteiger partial charge in [0.2, 0.25) is 0 Å². The number of rotatable bonds is 2. The molecular formula is C39H26N2O. The summed E-state index contributed by atoms with van der Waals surface area (Å²) < 4.78 is 6.50. The highest BCUT2D eigenvalue weighted by atomic mass is 16.3. The fourth-order valence-electron chi connectivity index (χ4n) is 6.92. The van der Waals surface area contributed by atoms with Crippen LogP contribution in [-0.2, 0) is 5.41 Å². The molecule has 3 nitrogen and oxygen atoms in total. The van der Waals surface area contributed by atoms with Gasteiger partial charge in [-0.1, -0.05) is 92.7 Å². The number of pyridine rings is 2. The summed E-state index contributed by atoms with van der Waals surface area (Å²) in [6, 6.07) is 41.1. The lowest BCUT2D eigenvalue weighted by Gasteiger charge is -2.20. The second-order valence-corrected chi connectivity index (χ2v) is 11.8. The summed E-state index contributed by atoms with van der Waals surface area (Å²) in [5.74, 6) is 0. The van der Waals surface area contributed by atoms with Crippen LogP contribution >= 0.6 is 0 Å². The van der Waals surface area contributed by atoms with E-state index in [1.807, 2.05) is 24.4 Å². The average molecular weight is 539 g/mol. The Morgan fingerprint density at radius 1 is 0.571 bits per heavy atom. The van der Waals surface area contributed by atoms with Gasteiger partial charge in [-0.05, 0) is 74.6 Å². The lowest BCUT2D eigenvalue weighted by molar-refractivity contribution is 0.658. The third-order valence-electron chi connectivity index (χ3n) is 9.09. The predicted octanol–water partition coefficient (Wildman–Crippen LogP) is 10.3. The molecule has 0 fully saturated rings. The summed E-state index contributed by atoms with van der Waals surface area (Å²) in [7, 11) is 0. The van der Waals surface area contributed by atoms with E-state index in [1.54, 1.807) is 0 Å². The Hall–Kier alpha value is -5.28. The Bertz CT molecular complexity index is 2400. The normalized spacial score (nSPS) is 13.7. The van der Waals surface area contributed by atoms with Crippen molar-refractivity contribution in [1.82, 2.24) is 9.97 Å². The molecule has 9 rings (SSSR count). The topological polar surface area (TPSA) is 38.9 Å². The van der Waals surface area contributed by atoms with Gasteiger partial charge in [-0.2, -0.15) is 0 Å². The zero-order chi connectivity index (χ0) is 28.0. The first-order valence-electron chi connectivity index (χ1n) is 14.4. The first-order valence-corrected chi connectivity index (χ1v) is 14.4. The fourth-order valence-corrected chi connectivity index (χ4v) is 6.92. The van der Waals surface area contributed by atoms with Crippen molar-refractivity contribution in [3.8, 4) is 33.8 Å². The average Bonchev–Trinajstić information content (AvgIpc) is 3.51. The Morgan fingerprint density at radius 3 is 2.19 bits per heavy atom. The molecule has 0 amide bonds. The SMILES string of the molecule is CC1(C)c2cccnc2-c2nc(-c3ccc4cc(-c5c6ccccc6cc6c5oc5ccccc56)ccc4c3)ccc21. The van der Waals surface area contributed by atoms with Crippen LogP contribution in [0.5, 0.6) is 0 Å². The number of nitrogens with zero attached hydrogens (tertiary/aromatic N) is 2. The summed E-state index contributed by atoms with van der Waals surface area (Å²) in [4.78, 5) is 9.85. The Morgan fingerprint density at radius 2 is 1.31 bits per heavy atom. The van der Waals surface area contributed by atoms with Crippen molar-refractivity contribution >= 4 is 43.5 Å². The minimum Gasteiger partial charge on any atom is -0.455 e. The molecule has 5 aromatic carbocycles. The Kier molecular flexibility index (Phi) is 4.67. The lowest BCUT2D eigenvalue weighted by atomic mass is 9.83. The van der Waals surface area contributed by atoms with Gasteiger partial charge in [-0.3, -0.25) is 4.98 Å². The van der Waals surface area contributed by atoms with Gasteiger partial charge in [0.05, 0.1) is 17.1 Å². The number of benzene rings is 5. The van der Waals surface area contributed by atoms with E-state index in [0.717, 1.165) is 55.7 Å². The number of aromatic nitrogens is 2. The third-order valence-corrected chi connectivity index (χ3v) is 9.09. The minimum atomic E-state index is -0.100. The second-order valence-electron chi connectivity index (χ2n) is 11.8. The zero-order valence-corrected chi connectivity index (χ0v) is 23.3. The van der Waals surface area contributed by atoms with Crippen LogP contribution in [0.3, 0.4) is 0 Å². The van der Waals surface area contributed by atoms with Gasteiger partial charge < -0.3 is 4.42 Å². The molecular weight excluding hydrogens is 512 g/mol. The predicted molar refractivity (Wildman–Crippen MR) is 173 cm³/mol. The van der Waals surface area contributed by atoms with E-state index in [4.69, 9.17) is 14.4 Å². The van der Waals surface area contributed by atoms with Gasteiger partial charge in [0, 0.05) is 33.5 Å². The van der Waals surface area contributed by atoms with E-state index < -0.39 is 0 Å². The maximum absolute atomic E-state index is 6.50. The van der Waals surface area contributed by atoms with Crippen molar-refractivity contribution in [3.63, 3.8) is 0 Å². The van der Waals surface area contributed by atoms with Gasteiger partial charge in [-0.25, -0.2) is 4.98 Å². The minimum absolute atomic E-state index is 0.100. The van der Waals surface area contributed by atoms with E-state index in [2.05, 4.69) is 111 Å². The summed E-state index contributed by atoms with van der Waals surface area (Å²) in [6.07, 6.45) is 1.86. The van der Waals surface area contributed by atoms with Crippen molar-refractivity contribution in [2.24, 2.45) is 0 Å². The van der Waals surface area contributed by atoms with Crippen LogP contribution in [-0.4, -0.2) is 9.97 Å². The van der Waals surface area contributed by atoms with Crippen LogP contribution in [0.4, 0.5) is 0 Å². The van der Waals surface area contributed by atoms with Gasteiger partial charge in [0.25, 0.3) is 0 Å². The Balaban J connectivity index is 1.19. The highest BCUT2D eigenvalue weighted by Gasteiger charge is 2.37. The van der Waals surface area contributed by atoms with E-state index in [1.165, 1.54) is 32.7 Å². The van der Waals surface area contributed by atoms with Crippen LogP contribution in [0.1, 0.15) is 25.0 Å². The number of para-hydroxylation sites is 1. The maximum Gasteiger partial charge on any atom is 0.143 e. The maximum atomic E-state index is 6.50. The molecule has 0 saturated heterocycles. The highest BCUT2D eigenvalue weighted by Crippen LogP contribution is 2.47. The number of hydrogen-bond donors (Lipinski definition) is 0. The Labute approximate surface area is 243 Å². The van der Waals surface area contributed by atoms with E-state index >= 15 is 0 Å². The molecule has 198 valence electrons. The molecule has 0 N–H and O–H groups in total. The molecule has 0 unspecified atom stereocenters. The number of hydrogen-bond acceptors (Lipinski definition) is 3. The largest absolute Gasteiger partial charge is 0.455 e. The fraction of sp³-hybridized carbons (Fsp3) is 0.0769. The quantitative estimate of drug-likeness (QED) is 0.220. The second kappa shape index (κ2) is 8.37. The van der Waals surface area contributed by atoms with Crippen molar-refractivity contribution in [2.75, 3.05) is 0 Å². The molecule has 0 bridgehead atoms. The van der Waals surface area contributed by atoms with Crippen LogP contribution < -0.4 is 0 Å². The third kappa shape index (κ3) is 3.22. The highest BCUT2D eigenvalue weighted by molar-refractivity contribution is 6.18. The van der Waals surface area contributed by atoms with E-state index in [-0.39, 0.29) is 5.41 Å². The summed E-state index contributed by atoms with van der Waals surface area (Å²) >= 11 is 0. The zero-order valence-electron chi connectivity index (χ0n) is 23.3. The molecule has 3 aromatic heterocycles. The lowest BCUT2D eigenvalue weighted by Crippen LogP contribution is -2.15. The van der Waals surface area contributed by atoms with Crippen LogP contribution in [0.15, 0.2) is 126 Å². The molecule has 1 aliphatic carbocycles. The first-order chi connectivity index (χ1) is 20.6. The monoisotopic (exact) mass is 538 g/mol. The number of fused-ring (bicyclic) bond motifs is 8. The van der Waals surface area contributed by atoms with E-state index in [0.29, 0.717) is 0 Å². The van der Waals surface area contributed by atoms with Gasteiger partial charge in [0.15, 0.2) is 0 Å². The summed E-state index contributed by atoms with van der Waals surface area (Å²) in [6.45, 7) is 4.51. The smallest absolute Gasteiger partial charge is 0.143 e. The molecule has 0 spiro atoms. The standard InChI is InChI=1S/C39H26N2O/c1-39(2)31-11-7-19-40-36(31)37-32(39)17-18-33(41-37)26-15-13-24-21-27(16-14-23(24)20-26)35-28-9-4-3-8-25(28)22-30-29-10-5-6-12-34(29)42-38(30)35/h3-22H,1-2H3. The molecule has 3 heteroatoms. The van der Waals surface area contributed by atoms with Crippen molar-refractivity contribution in [2.45, 2.75) is 19.3 Å². The molecule has 0 atom stereocenters. The summed E-state index contributed by atoms with van der Waals surface area (Å²) in [5.41, 5.74) is 10.6. The molecule has 0 saturated carbocycles. The van der Waals surface area contributed by atoms with Crippen LogP contribution in [0, 0.1) is 0 Å². The molecule has 0 aliphatic heterocycles. The first kappa shape index (κ1) is 23.4. The van der Waals surface area contributed by atoms with Crippen molar-refractivity contribution < 1.29 is 4.42 Å². The number of furan rings is 1. The van der Waals surface area contributed by atoms with Gasteiger partial charge in [-0.15, -0.1) is 0 Å². The molecule has 3 heterocycles. The molecule has 8 aromatic rings. The van der Waals surface area contributed by atoms with Gasteiger partial charge in [0.1, 0.15) is 11.2 Å². The van der Waals surface area contributed by atoms with Crippen LogP contribution in [0.2, 0.25) is 0 Å². The van der Waals surface area contributed by atoms with E-state index in [9.17, 15) is 0 Å². The summed E-state index contributed by atoms with van der Waals surface area (Å²) in [5, 5.41) is 7.06. The van der Waals surface area contributed by atoms with Crippen molar-refractivity contribution in [3.05, 3.63) is 133 Å². The van der Waals surface area contributed by atoms with Gasteiger partial charge >= 0.3 is 0 Å². The molecule has 1 aliphatic rings. The molecule has 0 radical (unpaired) electrons. The van der Waals surface area contributed by atoms with Crippen LogP contribution in [0.25, 0.3) is 77.3 Å². The molecule has 42 heavy (non-hydrogen) atoms. The van der Waals surface area contributed by atoms with Crippen molar-refractivity contribution in [1.29, 1.82) is 0 Å².